The number of oxazole rings is 1. The minimum Gasteiger partial charge on any atom is -0.486 e. The lowest BCUT2D eigenvalue weighted by Crippen LogP contribution is -2.49. The van der Waals surface area contributed by atoms with Crippen molar-refractivity contribution in [3.8, 4) is 11.5 Å². The van der Waals surface area contributed by atoms with Gasteiger partial charge in [0.05, 0.1) is 11.8 Å². The van der Waals surface area contributed by atoms with Crippen LogP contribution in [0.2, 0.25) is 0 Å². The molecule has 3 heterocycles. The number of aromatic nitrogens is 1. The van der Waals surface area contributed by atoms with Crippen molar-refractivity contribution in [3.63, 3.8) is 0 Å². The summed E-state index contributed by atoms with van der Waals surface area (Å²) in [7, 11) is 0. The zero-order chi connectivity index (χ0) is 21.7. The van der Waals surface area contributed by atoms with Gasteiger partial charge in [-0.05, 0) is 55.2 Å². The zero-order valence-corrected chi connectivity index (χ0v) is 19.0. The van der Waals surface area contributed by atoms with Crippen LogP contribution in [0.25, 0.3) is 11.1 Å². The summed E-state index contributed by atoms with van der Waals surface area (Å²) in [6.07, 6.45) is 4.60. The molecule has 0 saturated heterocycles. The highest BCUT2D eigenvalue weighted by Crippen LogP contribution is 2.52. The van der Waals surface area contributed by atoms with Gasteiger partial charge in [0.25, 0.3) is 5.22 Å². The summed E-state index contributed by atoms with van der Waals surface area (Å²) in [4.78, 5) is 20.0. The van der Waals surface area contributed by atoms with E-state index in [0.717, 1.165) is 42.0 Å². The molecule has 0 radical (unpaired) electrons. The lowest BCUT2D eigenvalue weighted by Gasteiger charge is -2.46. The van der Waals surface area contributed by atoms with Gasteiger partial charge in [-0.15, -0.1) is 0 Å². The van der Waals surface area contributed by atoms with Crippen LogP contribution in [-0.2, 0) is 10.2 Å². The van der Waals surface area contributed by atoms with Crippen LogP contribution in [0.15, 0.2) is 46.0 Å². The Labute approximate surface area is 191 Å². The molecule has 6 rings (SSSR count). The van der Waals surface area contributed by atoms with Gasteiger partial charge >= 0.3 is 0 Å². The quantitative estimate of drug-likeness (QED) is 0.517. The number of ether oxygens (including phenoxy) is 2. The molecule has 1 spiro atoms. The van der Waals surface area contributed by atoms with Crippen LogP contribution in [0.3, 0.4) is 0 Å². The maximum Gasteiger partial charge on any atom is 0.257 e. The van der Waals surface area contributed by atoms with E-state index in [-0.39, 0.29) is 17.4 Å². The molecule has 1 amide bonds. The van der Waals surface area contributed by atoms with Crippen molar-refractivity contribution in [2.75, 3.05) is 25.5 Å². The fraction of sp³-hybridized carbons (Fsp3) is 0.440. The molecule has 3 aromatic rings. The minimum atomic E-state index is -0.0104. The molecule has 1 atom stereocenters. The summed E-state index contributed by atoms with van der Waals surface area (Å²) in [6, 6.07) is 12.0. The number of para-hydroxylation sites is 2. The number of thioether (sulfide) groups is 1. The van der Waals surface area contributed by atoms with Gasteiger partial charge in [0.1, 0.15) is 18.7 Å². The molecule has 2 aromatic carbocycles. The topological polar surface area (TPSA) is 64.8 Å². The van der Waals surface area contributed by atoms with E-state index in [1.165, 1.54) is 35.7 Å². The third-order valence-electron chi connectivity index (χ3n) is 7.15. The highest BCUT2D eigenvalue weighted by atomic mass is 32.2. The van der Waals surface area contributed by atoms with Crippen LogP contribution in [0.4, 0.5) is 0 Å². The Bertz CT molecular complexity index is 1150. The zero-order valence-electron chi connectivity index (χ0n) is 18.1. The Morgan fingerprint density at radius 2 is 1.91 bits per heavy atom. The SMILES string of the molecule is CC1c2cc3c(cc2C2(CCCC2)CN1C(=O)CSc1nc2ccccc2o1)OCCO3. The van der Waals surface area contributed by atoms with E-state index in [1.54, 1.807) is 0 Å². The Kier molecular flexibility index (Phi) is 4.82. The number of nitrogens with zero attached hydrogens (tertiary/aromatic N) is 2. The lowest BCUT2D eigenvalue weighted by atomic mass is 9.71. The van der Waals surface area contributed by atoms with Crippen molar-refractivity contribution in [1.29, 1.82) is 0 Å². The van der Waals surface area contributed by atoms with Crippen molar-refractivity contribution in [1.82, 2.24) is 9.88 Å². The van der Waals surface area contributed by atoms with Gasteiger partial charge in [0.2, 0.25) is 5.91 Å². The molecular formula is C25H26N2O4S. The van der Waals surface area contributed by atoms with E-state index in [0.29, 0.717) is 24.2 Å². The first-order chi connectivity index (χ1) is 15.6. The summed E-state index contributed by atoms with van der Waals surface area (Å²) < 4.78 is 17.5. The van der Waals surface area contributed by atoms with Gasteiger partial charge in [0, 0.05) is 12.0 Å². The highest BCUT2D eigenvalue weighted by molar-refractivity contribution is 7.99. The van der Waals surface area contributed by atoms with Gasteiger partial charge in [0.15, 0.2) is 17.1 Å². The number of carbonyl (C=O) groups is 1. The third kappa shape index (κ3) is 3.25. The van der Waals surface area contributed by atoms with Crippen LogP contribution in [-0.4, -0.2) is 41.3 Å². The summed E-state index contributed by atoms with van der Waals surface area (Å²) in [5.74, 6) is 2.08. The number of fused-ring (bicyclic) bond motifs is 4. The summed E-state index contributed by atoms with van der Waals surface area (Å²) in [5.41, 5.74) is 4.12. The smallest absolute Gasteiger partial charge is 0.257 e. The van der Waals surface area contributed by atoms with E-state index in [1.807, 2.05) is 24.3 Å². The molecule has 1 unspecified atom stereocenters. The lowest BCUT2D eigenvalue weighted by molar-refractivity contribution is -0.132. The first-order valence-electron chi connectivity index (χ1n) is 11.3. The second-order valence-corrected chi connectivity index (χ2v) is 9.93. The molecule has 2 aliphatic heterocycles. The normalized spacial score (nSPS) is 21.2. The predicted octanol–water partition coefficient (Wildman–Crippen LogP) is 5.11. The molecular weight excluding hydrogens is 424 g/mol. The Morgan fingerprint density at radius 1 is 1.16 bits per heavy atom. The van der Waals surface area contributed by atoms with Crippen molar-refractivity contribution in [3.05, 3.63) is 47.5 Å². The average molecular weight is 451 g/mol. The van der Waals surface area contributed by atoms with Gasteiger partial charge in [-0.25, -0.2) is 4.98 Å². The van der Waals surface area contributed by atoms with Crippen molar-refractivity contribution >= 4 is 28.8 Å². The van der Waals surface area contributed by atoms with Gasteiger partial charge in [-0.2, -0.15) is 0 Å². The monoisotopic (exact) mass is 450 g/mol. The first kappa shape index (κ1) is 20.0. The Hall–Kier alpha value is -2.67. The maximum absolute atomic E-state index is 13.4. The van der Waals surface area contributed by atoms with Crippen LogP contribution < -0.4 is 9.47 Å². The fourth-order valence-electron chi connectivity index (χ4n) is 5.53. The number of benzene rings is 2. The molecule has 7 heteroatoms. The number of rotatable bonds is 3. The molecule has 0 N–H and O–H groups in total. The van der Waals surface area contributed by atoms with Gasteiger partial charge in [-0.3, -0.25) is 4.79 Å². The second-order valence-electron chi connectivity index (χ2n) is 9.00. The highest BCUT2D eigenvalue weighted by Gasteiger charge is 2.46. The molecule has 1 fully saturated rings. The van der Waals surface area contributed by atoms with E-state index in [2.05, 4.69) is 28.9 Å². The van der Waals surface area contributed by atoms with Crippen LogP contribution in [0, 0.1) is 0 Å². The fourth-order valence-corrected chi connectivity index (χ4v) is 6.25. The minimum absolute atomic E-state index is 0.00954. The predicted molar refractivity (Wildman–Crippen MR) is 122 cm³/mol. The van der Waals surface area contributed by atoms with Crippen LogP contribution in [0.1, 0.15) is 49.8 Å². The molecule has 0 bridgehead atoms. The summed E-state index contributed by atoms with van der Waals surface area (Å²) >= 11 is 1.37. The maximum atomic E-state index is 13.4. The summed E-state index contributed by atoms with van der Waals surface area (Å²) in [5, 5.41) is 0.541. The number of carbonyl (C=O) groups excluding carboxylic acids is 1. The van der Waals surface area contributed by atoms with E-state index < -0.39 is 0 Å². The molecule has 1 aliphatic carbocycles. The average Bonchev–Trinajstić information content (AvgIpc) is 3.46. The third-order valence-corrected chi connectivity index (χ3v) is 7.96. The molecule has 6 nitrogen and oxygen atoms in total. The number of hydrogen-bond acceptors (Lipinski definition) is 6. The standard InChI is InChI=1S/C25H26N2O4S/c1-16-17-12-21-22(30-11-10-29-21)13-18(17)25(8-4-5-9-25)15-27(16)23(28)14-32-24-26-19-6-2-3-7-20(19)31-24/h2-3,6-7,12-13,16H,4-5,8-11,14-15H2,1H3. The Balaban J connectivity index is 1.28. The summed E-state index contributed by atoms with van der Waals surface area (Å²) in [6.45, 7) is 4.04. The van der Waals surface area contributed by atoms with E-state index in [9.17, 15) is 4.79 Å². The van der Waals surface area contributed by atoms with Gasteiger partial charge < -0.3 is 18.8 Å². The van der Waals surface area contributed by atoms with Gasteiger partial charge in [-0.1, -0.05) is 36.7 Å². The second kappa shape index (κ2) is 7.73. The van der Waals surface area contributed by atoms with Crippen molar-refractivity contribution in [2.45, 2.75) is 49.3 Å². The molecule has 3 aliphatic rings. The molecule has 32 heavy (non-hydrogen) atoms. The number of hydrogen-bond donors (Lipinski definition) is 0. The number of amides is 1. The van der Waals surface area contributed by atoms with E-state index in [4.69, 9.17) is 13.9 Å². The molecule has 1 aromatic heterocycles. The Morgan fingerprint density at radius 3 is 2.69 bits per heavy atom. The van der Waals surface area contributed by atoms with E-state index >= 15 is 0 Å². The molecule has 1 saturated carbocycles. The van der Waals surface area contributed by atoms with Crippen LogP contribution >= 0.6 is 11.8 Å². The first-order valence-corrected chi connectivity index (χ1v) is 12.3. The van der Waals surface area contributed by atoms with Crippen molar-refractivity contribution < 1.29 is 18.7 Å². The molecule has 166 valence electrons. The van der Waals surface area contributed by atoms with Crippen molar-refractivity contribution in [2.24, 2.45) is 0 Å². The largest absolute Gasteiger partial charge is 0.486 e. The van der Waals surface area contributed by atoms with Crippen LogP contribution in [0.5, 0.6) is 11.5 Å².